The number of hydrogen-bond donors (Lipinski definition) is 1. The van der Waals surface area contributed by atoms with Crippen LogP contribution in [0.2, 0.25) is 0 Å². The molecule has 110 valence electrons. The molecule has 2 N–H and O–H groups in total. The van der Waals surface area contributed by atoms with E-state index >= 15 is 0 Å². The molecule has 0 aromatic heterocycles. The monoisotopic (exact) mass is 305 g/mol. The lowest BCUT2D eigenvalue weighted by atomic mass is 10.2. The Morgan fingerprint density at radius 1 is 1.33 bits per heavy atom. The van der Waals surface area contributed by atoms with Crippen LogP contribution in [0.5, 0.6) is 0 Å². The van der Waals surface area contributed by atoms with Gasteiger partial charge in [-0.05, 0) is 38.1 Å². The Labute approximate surface area is 127 Å². The Kier molecular flexibility index (Phi) is 4.85. The minimum atomic E-state index is -0.541. The molecular formula is C16H16FNO2S. The van der Waals surface area contributed by atoms with Crippen molar-refractivity contribution in [3.8, 4) is 0 Å². The number of carbonyl (C=O) groups is 1. The van der Waals surface area contributed by atoms with Crippen LogP contribution in [0, 0.1) is 12.7 Å². The highest BCUT2D eigenvalue weighted by Gasteiger charge is 2.16. The second-order valence-corrected chi connectivity index (χ2v) is 5.62. The van der Waals surface area contributed by atoms with Gasteiger partial charge in [0.2, 0.25) is 0 Å². The van der Waals surface area contributed by atoms with Gasteiger partial charge in [0.05, 0.1) is 12.2 Å². The number of halogens is 1. The average molecular weight is 305 g/mol. The van der Waals surface area contributed by atoms with Gasteiger partial charge >= 0.3 is 5.97 Å². The summed E-state index contributed by atoms with van der Waals surface area (Å²) in [7, 11) is 0. The van der Waals surface area contributed by atoms with Gasteiger partial charge < -0.3 is 10.5 Å². The first-order valence-corrected chi connectivity index (χ1v) is 7.33. The third kappa shape index (κ3) is 3.76. The molecule has 3 nitrogen and oxygen atoms in total. The second-order valence-electron chi connectivity index (χ2n) is 4.51. The number of nitrogens with two attached hydrogens (primary N) is 1. The van der Waals surface area contributed by atoms with E-state index in [2.05, 4.69) is 0 Å². The average Bonchev–Trinajstić information content (AvgIpc) is 2.42. The molecule has 2 rings (SSSR count). The van der Waals surface area contributed by atoms with Crippen LogP contribution < -0.4 is 5.73 Å². The van der Waals surface area contributed by atoms with Crippen molar-refractivity contribution < 1.29 is 13.9 Å². The lowest BCUT2D eigenvalue weighted by molar-refractivity contribution is 0.0527. The van der Waals surface area contributed by atoms with Crippen molar-refractivity contribution in [2.24, 2.45) is 0 Å². The summed E-state index contributed by atoms with van der Waals surface area (Å²) in [5.41, 5.74) is 7.04. The first-order valence-electron chi connectivity index (χ1n) is 6.52. The normalized spacial score (nSPS) is 10.4. The molecule has 0 atom stereocenters. The van der Waals surface area contributed by atoms with E-state index in [4.69, 9.17) is 10.5 Å². The summed E-state index contributed by atoms with van der Waals surface area (Å²) in [6.45, 7) is 3.92. The maximum atomic E-state index is 14.0. The van der Waals surface area contributed by atoms with E-state index in [1.807, 2.05) is 31.2 Å². The number of anilines is 1. The summed E-state index contributed by atoms with van der Waals surface area (Å²) < 4.78 is 18.9. The summed E-state index contributed by atoms with van der Waals surface area (Å²) in [5, 5.41) is 0. The minimum absolute atomic E-state index is 0.0829. The van der Waals surface area contributed by atoms with E-state index in [0.29, 0.717) is 4.90 Å². The van der Waals surface area contributed by atoms with Gasteiger partial charge in [-0.1, -0.05) is 29.5 Å². The van der Waals surface area contributed by atoms with Crippen LogP contribution in [0.3, 0.4) is 0 Å². The number of hydrogen-bond acceptors (Lipinski definition) is 4. The van der Waals surface area contributed by atoms with Gasteiger partial charge in [-0.2, -0.15) is 0 Å². The summed E-state index contributed by atoms with van der Waals surface area (Å²) in [5.74, 6) is -0.992. The zero-order chi connectivity index (χ0) is 15.4. The molecule has 2 aromatic carbocycles. The number of ether oxygens (including phenoxy) is 1. The molecular weight excluding hydrogens is 289 g/mol. The highest BCUT2D eigenvalue weighted by atomic mass is 32.2. The summed E-state index contributed by atoms with van der Waals surface area (Å²) >= 11 is 1.25. The number of carbonyl (C=O) groups excluding carboxylic acids is 1. The quantitative estimate of drug-likeness (QED) is 0.684. The zero-order valence-corrected chi connectivity index (χ0v) is 12.7. The predicted molar refractivity (Wildman–Crippen MR) is 82.1 cm³/mol. The number of esters is 1. The third-order valence-electron chi connectivity index (χ3n) is 2.82. The molecule has 0 saturated carbocycles. The van der Waals surface area contributed by atoms with Crippen molar-refractivity contribution in [3.63, 3.8) is 0 Å². The molecule has 0 saturated heterocycles. The van der Waals surface area contributed by atoms with Crippen LogP contribution in [0.15, 0.2) is 46.2 Å². The standard InChI is InChI=1S/C16H16FNO2S/c1-3-20-16(19)12-8-15(13(17)9-14(12)18)21-11-6-4-5-10(2)7-11/h4-9H,3,18H2,1-2H3. The van der Waals surface area contributed by atoms with Crippen LogP contribution >= 0.6 is 11.8 Å². The summed E-state index contributed by atoms with van der Waals surface area (Å²) in [6, 6.07) is 10.3. The minimum Gasteiger partial charge on any atom is -0.462 e. The van der Waals surface area contributed by atoms with E-state index in [1.165, 1.54) is 17.8 Å². The van der Waals surface area contributed by atoms with Crippen LogP contribution in [-0.2, 0) is 4.74 Å². The van der Waals surface area contributed by atoms with Crippen LogP contribution in [0.4, 0.5) is 10.1 Å². The van der Waals surface area contributed by atoms with E-state index in [-0.39, 0.29) is 17.9 Å². The van der Waals surface area contributed by atoms with Crippen molar-refractivity contribution in [2.75, 3.05) is 12.3 Å². The Morgan fingerprint density at radius 2 is 2.10 bits per heavy atom. The fraction of sp³-hybridized carbons (Fsp3) is 0.188. The number of benzene rings is 2. The molecule has 0 bridgehead atoms. The lowest BCUT2D eigenvalue weighted by Gasteiger charge is -2.09. The fourth-order valence-electron chi connectivity index (χ4n) is 1.84. The largest absolute Gasteiger partial charge is 0.462 e. The van der Waals surface area contributed by atoms with Crippen molar-refractivity contribution >= 4 is 23.4 Å². The fourth-order valence-corrected chi connectivity index (χ4v) is 2.82. The molecule has 0 unspecified atom stereocenters. The Morgan fingerprint density at radius 3 is 2.76 bits per heavy atom. The number of rotatable bonds is 4. The highest BCUT2D eigenvalue weighted by Crippen LogP contribution is 2.33. The van der Waals surface area contributed by atoms with Crippen molar-refractivity contribution in [3.05, 3.63) is 53.3 Å². The first kappa shape index (κ1) is 15.4. The van der Waals surface area contributed by atoms with E-state index < -0.39 is 11.8 Å². The molecule has 21 heavy (non-hydrogen) atoms. The van der Waals surface area contributed by atoms with Gasteiger partial charge in [-0.3, -0.25) is 0 Å². The van der Waals surface area contributed by atoms with Gasteiger partial charge in [-0.15, -0.1) is 0 Å². The van der Waals surface area contributed by atoms with Crippen LogP contribution in [0.25, 0.3) is 0 Å². The second kappa shape index (κ2) is 6.63. The lowest BCUT2D eigenvalue weighted by Crippen LogP contribution is -2.08. The molecule has 0 aliphatic heterocycles. The third-order valence-corrected chi connectivity index (χ3v) is 3.84. The Balaban J connectivity index is 2.35. The first-order chi connectivity index (χ1) is 10.0. The maximum absolute atomic E-state index is 14.0. The van der Waals surface area contributed by atoms with Gasteiger partial charge in [0.15, 0.2) is 0 Å². The van der Waals surface area contributed by atoms with E-state index in [0.717, 1.165) is 16.5 Å². The number of nitrogen functional groups attached to an aromatic ring is 1. The van der Waals surface area contributed by atoms with Crippen molar-refractivity contribution in [2.45, 2.75) is 23.6 Å². The maximum Gasteiger partial charge on any atom is 0.340 e. The van der Waals surface area contributed by atoms with Crippen LogP contribution in [-0.4, -0.2) is 12.6 Å². The molecule has 0 amide bonds. The number of aryl methyl sites for hydroxylation is 1. The SMILES string of the molecule is CCOC(=O)c1cc(Sc2cccc(C)c2)c(F)cc1N. The Hall–Kier alpha value is -2.01. The molecule has 2 aromatic rings. The molecule has 0 radical (unpaired) electrons. The Bertz CT molecular complexity index is 673. The molecule has 5 heteroatoms. The zero-order valence-electron chi connectivity index (χ0n) is 11.9. The molecule has 0 spiro atoms. The van der Waals surface area contributed by atoms with Gasteiger partial charge in [-0.25, -0.2) is 9.18 Å². The summed E-state index contributed by atoms with van der Waals surface area (Å²) in [4.78, 5) is 13.0. The van der Waals surface area contributed by atoms with Gasteiger partial charge in [0.1, 0.15) is 5.82 Å². The molecule has 0 fully saturated rings. The van der Waals surface area contributed by atoms with E-state index in [9.17, 15) is 9.18 Å². The topological polar surface area (TPSA) is 52.3 Å². The highest BCUT2D eigenvalue weighted by molar-refractivity contribution is 7.99. The smallest absolute Gasteiger partial charge is 0.340 e. The molecule has 0 aliphatic rings. The van der Waals surface area contributed by atoms with Gasteiger partial charge in [0.25, 0.3) is 0 Å². The van der Waals surface area contributed by atoms with Gasteiger partial charge in [0, 0.05) is 15.5 Å². The molecule has 0 aliphatic carbocycles. The van der Waals surface area contributed by atoms with Crippen molar-refractivity contribution in [1.29, 1.82) is 0 Å². The van der Waals surface area contributed by atoms with Crippen molar-refractivity contribution in [1.82, 2.24) is 0 Å². The summed E-state index contributed by atoms with van der Waals surface area (Å²) in [6.07, 6.45) is 0. The van der Waals surface area contributed by atoms with E-state index in [1.54, 1.807) is 6.92 Å². The van der Waals surface area contributed by atoms with Crippen LogP contribution in [0.1, 0.15) is 22.8 Å². The predicted octanol–water partition coefficient (Wildman–Crippen LogP) is 4.04. The molecule has 0 heterocycles.